The van der Waals surface area contributed by atoms with Gasteiger partial charge in [-0.1, -0.05) is 55.7 Å². The molecule has 1 fully saturated rings. The number of esters is 1. The Kier molecular flexibility index (Phi) is 5.63. The van der Waals surface area contributed by atoms with Crippen molar-refractivity contribution in [3.05, 3.63) is 69.9 Å². The molecule has 6 nitrogen and oxygen atoms in total. The van der Waals surface area contributed by atoms with E-state index in [4.69, 9.17) is 9.15 Å². The zero-order valence-corrected chi connectivity index (χ0v) is 17.7. The molecule has 1 saturated carbocycles. The van der Waals surface area contributed by atoms with Crippen molar-refractivity contribution in [3.63, 3.8) is 0 Å². The van der Waals surface area contributed by atoms with Gasteiger partial charge in [0, 0.05) is 11.1 Å². The summed E-state index contributed by atoms with van der Waals surface area (Å²) in [6.45, 7) is 1.72. The summed E-state index contributed by atoms with van der Waals surface area (Å²) in [5, 5.41) is 3.24. The SMILES string of the molecule is COC(=O)C1(NC(=O)c2cccc3c(=O)c(C)c(-c4ccccc4)oc23)CCCCC1. The number of amides is 1. The van der Waals surface area contributed by atoms with E-state index in [0.29, 0.717) is 29.6 Å². The Bertz CT molecular complexity index is 1190. The minimum Gasteiger partial charge on any atom is -0.467 e. The summed E-state index contributed by atoms with van der Waals surface area (Å²) in [7, 11) is 1.33. The summed E-state index contributed by atoms with van der Waals surface area (Å²) in [5.74, 6) is -0.467. The third-order valence-electron chi connectivity index (χ3n) is 6.06. The summed E-state index contributed by atoms with van der Waals surface area (Å²) in [6.07, 6.45) is 3.72. The van der Waals surface area contributed by atoms with Crippen molar-refractivity contribution in [2.75, 3.05) is 7.11 Å². The first kappa shape index (κ1) is 20.8. The van der Waals surface area contributed by atoms with Crippen LogP contribution in [0.3, 0.4) is 0 Å². The first-order valence-corrected chi connectivity index (χ1v) is 10.5. The van der Waals surface area contributed by atoms with Gasteiger partial charge in [-0.15, -0.1) is 0 Å². The van der Waals surface area contributed by atoms with E-state index >= 15 is 0 Å². The molecule has 1 heterocycles. The molecule has 2 aromatic carbocycles. The highest BCUT2D eigenvalue weighted by Gasteiger charge is 2.42. The Morgan fingerprint density at radius 1 is 1.00 bits per heavy atom. The van der Waals surface area contributed by atoms with Gasteiger partial charge in [0.05, 0.1) is 18.1 Å². The number of hydrogen-bond donors (Lipinski definition) is 1. The van der Waals surface area contributed by atoms with Crippen molar-refractivity contribution in [3.8, 4) is 11.3 Å². The first-order valence-electron chi connectivity index (χ1n) is 10.5. The molecule has 0 aliphatic heterocycles. The van der Waals surface area contributed by atoms with Crippen LogP contribution in [0.1, 0.15) is 48.0 Å². The molecule has 0 atom stereocenters. The van der Waals surface area contributed by atoms with Gasteiger partial charge in [-0.3, -0.25) is 9.59 Å². The number of carbonyl (C=O) groups is 2. The molecule has 31 heavy (non-hydrogen) atoms. The number of para-hydroxylation sites is 1. The molecule has 6 heteroatoms. The highest BCUT2D eigenvalue weighted by Crippen LogP contribution is 2.31. The molecule has 4 rings (SSSR count). The zero-order valence-electron chi connectivity index (χ0n) is 17.7. The van der Waals surface area contributed by atoms with Crippen LogP contribution >= 0.6 is 0 Å². The van der Waals surface area contributed by atoms with Crippen LogP contribution in [0, 0.1) is 6.92 Å². The van der Waals surface area contributed by atoms with Gasteiger partial charge < -0.3 is 14.5 Å². The van der Waals surface area contributed by atoms with Crippen molar-refractivity contribution in [2.45, 2.75) is 44.6 Å². The number of nitrogens with one attached hydrogen (secondary N) is 1. The van der Waals surface area contributed by atoms with Crippen LogP contribution in [0.2, 0.25) is 0 Å². The van der Waals surface area contributed by atoms with Crippen LogP contribution in [0.15, 0.2) is 57.7 Å². The molecule has 1 aromatic heterocycles. The van der Waals surface area contributed by atoms with Crippen LogP contribution in [-0.4, -0.2) is 24.5 Å². The molecular formula is C25H25NO5. The molecule has 0 unspecified atom stereocenters. The summed E-state index contributed by atoms with van der Waals surface area (Å²) in [6, 6.07) is 14.2. The minimum atomic E-state index is -1.06. The van der Waals surface area contributed by atoms with Crippen LogP contribution in [0.4, 0.5) is 0 Å². The maximum Gasteiger partial charge on any atom is 0.331 e. The number of ether oxygens (including phenoxy) is 1. The minimum absolute atomic E-state index is 0.185. The summed E-state index contributed by atoms with van der Waals surface area (Å²) < 4.78 is 11.1. The smallest absolute Gasteiger partial charge is 0.331 e. The Labute approximate surface area is 180 Å². The van der Waals surface area contributed by atoms with Gasteiger partial charge in [0.25, 0.3) is 5.91 Å². The van der Waals surface area contributed by atoms with Crippen molar-refractivity contribution in [1.82, 2.24) is 5.32 Å². The van der Waals surface area contributed by atoms with Crippen molar-refractivity contribution >= 4 is 22.8 Å². The van der Waals surface area contributed by atoms with Crippen molar-refractivity contribution < 1.29 is 18.7 Å². The van der Waals surface area contributed by atoms with Crippen LogP contribution < -0.4 is 10.7 Å². The molecular weight excluding hydrogens is 394 g/mol. The monoisotopic (exact) mass is 419 g/mol. The fourth-order valence-electron chi connectivity index (χ4n) is 4.37. The van der Waals surface area contributed by atoms with E-state index < -0.39 is 17.4 Å². The third kappa shape index (κ3) is 3.74. The van der Waals surface area contributed by atoms with E-state index in [1.165, 1.54) is 7.11 Å². The molecule has 3 aromatic rings. The Morgan fingerprint density at radius 2 is 1.71 bits per heavy atom. The van der Waals surface area contributed by atoms with Crippen LogP contribution in [0.5, 0.6) is 0 Å². The maximum atomic E-state index is 13.3. The molecule has 1 N–H and O–H groups in total. The average molecular weight is 419 g/mol. The van der Waals surface area contributed by atoms with E-state index in [1.54, 1.807) is 25.1 Å². The summed E-state index contributed by atoms with van der Waals surface area (Å²) in [4.78, 5) is 38.9. The lowest BCUT2D eigenvalue weighted by Gasteiger charge is -2.35. The van der Waals surface area contributed by atoms with Gasteiger partial charge in [-0.05, 0) is 31.9 Å². The highest BCUT2D eigenvalue weighted by molar-refractivity contribution is 6.06. The number of carbonyl (C=O) groups excluding carboxylic acids is 2. The summed E-state index contributed by atoms with van der Waals surface area (Å²) in [5.41, 5.74) is 0.433. The Morgan fingerprint density at radius 3 is 2.39 bits per heavy atom. The standard InChI is InChI=1S/C25H25NO5/c1-16-20(27)18-12-9-13-19(22(18)31-21(16)17-10-5-3-6-11-17)23(28)26-25(24(29)30-2)14-7-4-8-15-25/h3,5-6,9-13H,4,7-8,14-15H2,1-2H3,(H,26,28). The number of rotatable bonds is 4. The second-order valence-corrected chi connectivity index (χ2v) is 8.02. The molecule has 0 saturated heterocycles. The predicted molar refractivity (Wildman–Crippen MR) is 118 cm³/mol. The molecule has 1 aliphatic rings. The number of hydrogen-bond acceptors (Lipinski definition) is 5. The topological polar surface area (TPSA) is 85.6 Å². The summed E-state index contributed by atoms with van der Waals surface area (Å²) >= 11 is 0. The van der Waals surface area contributed by atoms with Crippen molar-refractivity contribution in [1.29, 1.82) is 0 Å². The maximum absolute atomic E-state index is 13.3. The first-order chi connectivity index (χ1) is 15.0. The van der Waals surface area contributed by atoms with Gasteiger partial charge in [-0.2, -0.15) is 0 Å². The highest BCUT2D eigenvalue weighted by atomic mass is 16.5. The second kappa shape index (κ2) is 8.38. The Balaban J connectivity index is 1.82. The fourth-order valence-corrected chi connectivity index (χ4v) is 4.37. The quantitative estimate of drug-likeness (QED) is 0.635. The number of methoxy groups -OCH3 is 1. The fraction of sp³-hybridized carbons (Fsp3) is 0.320. The van der Waals surface area contributed by atoms with E-state index in [9.17, 15) is 14.4 Å². The molecule has 0 spiro atoms. The third-order valence-corrected chi connectivity index (χ3v) is 6.06. The van der Waals surface area contributed by atoms with Crippen LogP contribution in [0.25, 0.3) is 22.3 Å². The van der Waals surface area contributed by atoms with E-state index in [-0.39, 0.29) is 16.6 Å². The molecule has 1 amide bonds. The molecule has 1 aliphatic carbocycles. The molecule has 0 bridgehead atoms. The van der Waals surface area contributed by atoms with E-state index in [1.807, 2.05) is 30.3 Å². The molecule has 160 valence electrons. The molecule has 0 radical (unpaired) electrons. The largest absolute Gasteiger partial charge is 0.467 e. The van der Waals surface area contributed by atoms with E-state index in [2.05, 4.69) is 5.32 Å². The van der Waals surface area contributed by atoms with Gasteiger partial charge in [0.15, 0.2) is 11.0 Å². The van der Waals surface area contributed by atoms with Gasteiger partial charge >= 0.3 is 5.97 Å². The average Bonchev–Trinajstić information content (AvgIpc) is 2.81. The lowest BCUT2D eigenvalue weighted by Crippen LogP contribution is -2.56. The lowest BCUT2D eigenvalue weighted by atomic mass is 9.81. The predicted octanol–water partition coefficient (Wildman–Crippen LogP) is 4.37. The van der Waals surface area contributed by atoms with Crippen molar-refractivity contribution in [2.24, 2.45) is 0 Å². The van der Waals surface area contributed by atoms with Gasteiger partial charge in [0.1, 0.15) is 11.3 Å². The second-order valence-electron chi connectivity index (χ2n) is 8.02. The van der Waals surface area contributed by atoms with Crippen LogP contribution in [-0.2, 0) is 9.53 Å². The zero-order chi connectivity index (χ0) is 22.0. The van der Waals surface area contributed by atoms with Gasteiger partial charge in [0.2, 0.25) is 0 Å². The normalized spacial score (nSPS) is 15.4. The Hall–Kier alpha value is -3.41. The number of benzene rings is 2. The van der Waals surface area contributed by atoms with Gasteiger partial charge in [-0.25, -0.2) is 4.79 Å². The van der Waals surface area contributed by atoms with E-state index in [0.717, 1.165) is 24.8 Å². The lowest BCUT2D eigenvalue weighted by molar-refractivity contribution is -0.149. The number of fused-ring (bicyclic) bond motifs is 1.